The second-order valence-electron chi connectivity index (χ2n) is 5.48. The first kappa shape index (κ1) is 20.4. The predicted molar refractivity (Wildman–Crippen MR) is 113 cm³/mol. The first-order chi connectivity index (χ1) is 12.2. The van der Waals surface area contributed by atoms with Gasteiger partial charge < -0.3 is 15.1 Å². The molecule has 2 aromatic heterocycles. The number of aliphatic imine (C=N–C) groups is 1. The molecule has 0 unspecified atom stereocenters. The SMILES string of the molecule is CN=C(NCc1ccc(C)c(F)c1)NCc1coc(-c2cccs2)n1.I. The zero-order valence-corrected chi connectivity index (χ0v) is 17.6. The molecule has 3 aromatic rings. The minimum atomic E-state index is -0.203. The molecule has 0 saturated carbocycles. The fraction of sp³-hybridized carbons (Fsp3) is 0.222. The zero-order valence-electron chi connectivity index (χ0n) is 14.5. The molecule has 8 heteroatoms. The van der Waals surface area contributed by atoms with Gasteiger partial charge in [-0.05, 0) is 35.6 Å². The molecule has 1 aromatic carbocycles. The van der Waals surface area contributed by atoms with Crippen LogP contribution in [0.5, 0.6) is 0 Å². The van der Waals surface area contributed by atoms with Crippen LogP contribution in [0, 0.1) is 12.7 Å². The fourth-order valence-electron chi connectivity index (χ4n) is 2.23. The second kappa shape index (κ2) is 9.67. The molecule has 0 atom stereocenters. The lowest BCUT2D eigenvalue weighted by Gasteiger charge is -2.11. The summed E-state index contributed by atoms with van der Waals surface area (Å²) in [5.41, 5.74) is 2.28. The van der Waals surface area contributed by atoms with Crippen LogP contribution >= 0.6 is 35.3 Å². The van der Waals surface area contributed by atoms with E-state index in [4.69, 9.17) is 4.42 Å². The third kappa shape index (κ3) is 5.28. The maximum Gasteiger partial charge on any atom is 0.236 e. The van der Waals surface area contributed by atoms with Crippen molar-refractivity contribution in [1.82, 2.24) is 15.6 Å². The van der Waals surface area contributed by atoms with Gasteiger partial charge in [0.15, 0.2) is 5.96 Å². The van der Waals surface area contributed by atoms with E-state index in [0.29, 0.717) is 30.5 Å². The lowest BCUT2D eigenvalue weighted by atomic mass is 10.1. The minimum absolute atomic E-state index is 0. The van der Waals surface area contributed by atoms with Crippen molar-refractivity contribution in [3.8, 4) is 10.8 Å². The van der Waals surface area contributed by atoms with E-state index in [1.165, 1.54) is 6.07 Å². The number of benzene rings is 1. The van der Waals surface area contributed by atoms with E-state index in [1.807, 2.05) is 23.6 Å². The van der Waals surface area contributed by atoms with Crippen LogP contribution in [0.4, 0.5) is 4.39 Å². The molecule has 0 aliphatic carbocycles. The van der Waals surface area contributed by atoms with Crippen LogP contribution < -0.4 is 10.6 Å². The van der Waals surface area contributed by atoms with Crippen LogP contribution in [0.1, 0.15) is 16.8 Å². The molecule has 2 heterocycles. The number of hydrogen-bond acceptors (Lipinski definition) is 4. The van der Waals surface area contributed by atoms with Gasteiger partial charge in [-0.15, -0.1) is 35.3 Å². The highest BCUT2D eigenvalue weighted by Crippen LogP contribution is 2.23. The molecule has 138 valence electrons. The number of nitrogens with zero attached hydrogens (tertiary/aromatic N) is 2. The van der Waals surface area contributed by atoms with Gasteiger partial charge in [0, 0.05) is 13.6 Å². The number of oxazole rings is 1. The van der Waals surface area contributed by atoms with E-state index in [2.05, 4.69) is 20.6 Å². The molecule has 0 amide bonds. The minimum Gasteiger partial charge on any atom is -0.443 e. The van der Waals surface area contributed by atoms with Crippen LogP contribution in [0.3, 0.4) is 0 Å². The third-order valence-corrected chi connectivity index (χ3v) is 4.50. The van der Waals surface area contributed by atoms with Crippen LogP contribution in [0.2, 0.25) is 0 Å². The summed E-state index contributed by atoms with van der Waals surface area (Å²) in [6.45, 7) is 2.71. The van der Waals surface area contributed by atoms with E-state index in [1.54, 1.807) is 37.6 Å². The molecule has 0 radical (unpaired) electrons. The molecule has 0 aliphatic heterocycles. The standard InChI is InChI=1S/C18H19FN4OS.HI/c1-12-5-6-13(8-15(12)19)9-21-18(20-2)22-10-14-11-24-17(23-14)16-4-3-7-25-16;/h3-8,11H,9-10H2,1-2H3,(H2,20,21,22);1H. The molecular formula is C18H20FIN4OS. The average molecular weight is 486 g/mol. The quantitative estimate of drug-likeness (QED) is 0.320. The van der Waals surface area contributed by atoms with Crippen LogP contribution in [0.15, 0.2) is 51.4 Å². The Bertz CT molecular complexity index is 864. The highest BCUT2D eigenvalue weighted by Gasteiger charge is 2.08. The number of aromatic nitrogens is 1. The van der Waals surface area contributed by atoms with Gasteiger partial charge >= 0.3 is 0 Å². The van der Waals surface area contributed by atoms with Crippen molar-refractivity contribution < 1.29 is 8.81 Å². The Balaban J connectivity index is 0.00000243. The van der Waals surface area contributed by atoms with Crippen molar-refractivity contribution in [2.24, 2.45) is 4.99 Å². The molecule has 0 aliphatic rings. The van der Waals surface area contributed by atoms with Crippen molar-refractivity contribution in [1.29, 1.82) is 0 Å². The van der Waals surface area contributed by atoms with Crippen LogP contribution in [-0.2, 0) is 13.1 Å². The first-order valence-corrected chi connectivity index (χ1v) is 8.71. The topological polar surface area (TPSA) is 62.5 Å². The van der Waals surface area contributed by atoms with Gasteiger partial charge in [-0.3, -0.25) is 4.99 Å². The number of thiophene rings is 1. The lowest BCUT2D eigenvalue weighted by molar-refractivity contribution is 0.573. The Hall–Kier alpha value is -1.94. The summed E-state index contributed by atoms with van der Waals surface area (Å²) in [5.74, 6) is 1.03. The number of rotatable bonds is 5. The van der Waals surface area contributed by atoms with Gasteiger partial charge in [-0.1, -0.05) is 18.2 Å². The molecule has 2 N–H and O–H groups in total. The van der Waals surface area contributed by atoms with Crippen LogP contribution in [0.25, 0.3) is 10.8 Å². The number of hydrogen-bond donors (Lipinski definition) is 2. The summed E-state index contributed by atoms with van der Waals surface area (Å²) in [4.78, 5) is 9.60. The summed E-state index contributed by atoms with van der Waals surface area (Å²) >= 11 is 1.58. The Labute approximate surface area is 172 Å². The molecule has 26 heavy (non-hydrogen) atoms. The molecule has 5 nitrogen and oxygen atoms in total. The third-order valence-electron chi connectivity index (χ3n) is 3.64. The van der Waals surface area contributed by atoms with Crippen molar-refractivity contribution in [2.45, 2.75) is 20.0 Å². The van der Waals surface area contributed by atoms with Crippen molar-refractivity contribution >= 4 is 41.3 Å². The molecule has 0 spiro atoms. The zero-order chi connectivity index (χ0) is 17.6. The van der Waals surface area contributed by atoms with E-state index in [-0.39, 0.29) is 29.8 Å². The Morgan fingerprint density at radius 1 is 1.27 bits per heavy atom. The predicted octanol–water partition coefficient (Wildman–Crippen LogP) is 4.33. The van der Waals surface area contributed by atoms with Gasteiger partial charge in [0.1, 0.15) is 12.1 Å². The summed E-state index contributed by atoms with van der Waals surface area (Å²) in [7, 11) is 1.69. The molecule has 3 rings (SSSR count). The van der Waals surface area contributed by atoms with E-state index < -0.39 is 0 Å². The van der Waals surface area contributed by atoms with Gasteiger partial charge in [0.05, 0.1) is 17.1 Å². The van der Waals surface area contributed by atoms with E-state index in [0.717, 1.165) is 16.1 Å². The highest BCUT2D eigenvalue weighted by molar-refractivity contribution is 14.0. The van der Waals surface area contributed by atoms with Gasteiger partial charge in [-0.2, -0.15) is 0 Å². The Morgan fingerprint density at radius 2 is 2.08 bits per heavy atom. The summed E-state index contributed by atoms with van der Waals surface area (Å²) in [6, 6.07) is 9.12. The second-order valence-corrected chi connectivity index (χ2v) is 6.43. The van der Waals surface area contributed by atoms with Crippen molar-refractivity contribution in [3.63, 3.8) is 0 Å². The molecular weight excluding hydrogens is 466 g/mol. The number of guanidine groups is 1. The summed E-state index contributed by atoms with van der Waals surface area (Å²) < 4.78 is 19.1. The maximum absolute atomic E-state index is 13.6. The first-order valence-electron chi connectivity index (χ1n) is 7.83. The van der Waals surface area contributed by atoms with Gasteiger partial charge in [-0.25, -0.2) is 9.37 Å². The smallest absolute Gasteiger partial charge is 0.236 e. The molecule has 0 saturated heterocycles. The normalized spacial score (nSPS) is 11.1. The molecule has 0 fully saturated rings. The maximum atomic E-state index is 13.6. The van der Waals surface area contributed by atoms with Crippen molar-refractivity contribution in [2.75, 3.05) is 7.05 Å². The van der Waals surface area contributed by atoms with Crippen LogP contribution in [-0.4, -0.2) is 18.0 Å². The number of halogens is 2. The largest absolute Gasteiger partial charge is 0.443 e. The Kier molecular flexibility index (Phi) is 7.58. The van der Waals surface area contributed by atoms with Gasteiger partial charge in [0.2, 0.25) is 5.89 Å². The monoisotopic (exact) mass is 486 g/mol. The lowest BCUT2D eigenvalue weighted by Crippen LogP contribution is -2.36. The summed E-state index contributed by atoms with van der Waals surface area (Å²) in [5, 5.41) is 8.30. The van der Waals surface area contributed by atoms with Gasteiger partial charge in [0.25, 0.3) is 0 Å². The average Bonchev–Trinajstić information content (AvgIpc) is 3.29. The summed E-state index contributed by atoms with van der Waals surface area (Å²) in [6.07, 6.45) is 1.63. The molecule has 0 bridgehead atoms. The fourth-order valence-corrected chi connectivity index (χ4v) is 2.88. The van der Waals surface area contributed by atoms with Crippen molar-refractivity contribution in [3.05, 3.63) is 64.6 Å². The highest BCUT2D eigenvalue weighted by atomic mass is 127. The number of nitrogens with one attached hydrogen (secondary N) is 2. The van der Waals surface area contributed by atoms with E-state index in [9.17, 15) is 4.39 Å². The number of aryl methyl sites for hydroxylation is 1. The Morgan fingerprint density at radius 3 is 2.77 bits per heavy atom. The van der Waals surface area contributed by atoms with E-state index >= 15 is 0 Å².